The molecular formula is C16H19N3O4S. The lowest BCUT2D eigenvalue weighted by Crippen LogP contribution is -2.53. The molecule has 0 saturated carbocycles. The molecule has 0 bridgehead atoms. The lowest BCUT2D eigenvalue weighted by Gasteiger charge is -2.34. The Balaban J connectivity index is 1.72. The maximum atomic E-state index is 12.5. The third-order valence-corrected chi connectivity index (χ3v) is 5.32. The molecule has 1 atom stereocenters. The van der Waals surface area contributed by atoms with Gasteiger partial charge in [0.2, 0.25) is 0 Å². The van der Waals surface area contributed by atoms with Crippen LogP contribution in [0.2, 0.25) is 0 Å². The van der Waals surface area contributed by atoms with Crippen LogP contribution in [0.1, 0.15) is 11.7 Å². The normalized spacial score (nSPS) is 17.8. The molecule has 1 fully saturated rings. The quantitative estimate of drug-likeness (QED) is 0.827. The van der Waals surface area contributed by atoms with Crippen LogP contribution in [0.5, 0.6) is 0 Å². The fraction of sp³-hybridized carbons (Fsp3) is 0.312. The SMILES string of the molecule is NS(=O)(=O)N1CCN(C(=O)[C@H](O)c2ccc3ccccc3c2)CC1. The summed E-state index contributed by atoms with van der Waals surface area (Å²) >= 11 is 0. The molecule has 0 spiro atoms. The predicted molar refractivity (Wildman–Crippen MR) is 90.2 cm³/mol. The van der Waals surface area contributed by atoms with Crippen molar-refractivity contribution in [3.05, 3.63) is 48.0 Å². The Hall–Kier alpha value is -2.00. The van der Waals surface area contributed by atoms with E-state index in [1.807, 2.05) is 30.3 Å². The number of fused-ring (bicyclic) bond motifs is 1. The molecule has 2 aromatic rings. The smallest absolute Gasteiger partial charge is 0.277 e. The molecule has 128 valence electrons. The monoisotopic (exact) mass is 349 g/mol. The molecule has 0 radical (unpaired) electrons. The average molecular weight is 349 g/mol. The Bertz CT molecular complexity index is 861. The van der Waals surface area contributed by atoms with Crippen LogP contribution in [0.25, 0.3) is 10.8 Å². The zero-order valence-electron chi connectivity index (χ0n) is 13.0. The van der Waals surface area contributed by atoms with Crippen molar-refractivity contribution in [1.29, 1.82) is 0 Å². The van der Waals surface area contributed by atoms with E-state index in [-0.39, 0.29) is 26.2 Å². The highest BCUT2D eigenvalue weighted by molar-refractivity contribution is 7.86. The first kappa shape index (κ1) is 16.8. The molecule has 3 rings (SSSR count). The highest BCUT2D eigenvalue weighted by Crippen LogP contribution is 2.22. The summed E-state index contributed by atoms with van der Waals surface area (Å²) in [7, 11) is -3.74. The van der Waals surface area contributed by atoms with Gasteiger partial charge in [0.25, 0.3) is 16.1 Å². The number of piperazine rings is 1. The highest BCUT2D eigenvalue weighted by atomic mass is 32.2. The van der Waals surface area contributed by atoms with Gasteiger partial charge in [0.05, 0.1) is 0 Å². The summed E-state index contributed by atoms with van der Waals surface area (Å²) in [5, 5.41) is 17.4. The van der Waals surface area contributed by atoms with Crippen LogP contribution in [0.4, 0.5) is 0 Å². The second-order valence-electron chi connectivity index (χ2n) is 5.78. The molecule has 1 amide bonds. The number of amides is 1. The van der Waals surface area contributed by atoms with Gasteiger partial charge in [-0.05, 0) is 22.4 Å². The third kappa shape index (κ3) is 3.41. The molecule has 8 heteroatoms. The summed E-state index contributed by atoms with van der Waals surface area (Å²) in [5.74, 6) is -0.431. The summed E-state index contributed by atoms with van der Waals surface area (Å²) in [4.78, 5) is 13.9. The van der Waals surface area contributed by atoms with Crippen LogP contribution in [0.3, 0.4) is 0 Å². The third-order valence-electron chi connectivity index (χ3n) is 4.23. The molecule has 7 nitrogen and oxygen atoms in total. The predicted octanol–water partition coefficient (Wildman–Crippen LogP) is 0.221. The number of aliphatic hydroxyl groups is 1. The van der Waals surface area contributed by atoms with Crippen LogP contribution >= 0.6 is 0 Å². The number of hydrogen-bond donors (Lipinski definition) is 2. The first-order valence-corrected chi connectivity index (χ1v) is 9.10. The van der Waals surface area contributed by atoms with E-state index in [2.05, 4.69) is 0 Å². The summed E-state index contributed by atoms with van der Waals surface area (Å²) in [6, 6.07) is 13.1. The van der Waals surface area contributed by atoms with Crippen molar-refractivity contribution < 1.29 is 18.3 Å². The van der Waals surface area contributed by atoms with Crippen molar-refractivity contribution in [1.82, 2.24) is 9.21 Å². The molecule has 1 aliphatic heterocycles. The maximum Gasteiger partial charge on any atom is 0.277 e. The lowest BCUT2D eigenvalue weighted by atomic mass is 10.0. The summed E-state index contributed by atoms with van der Waals surface area (Å²) in [5.41, 5.74) is 0.521. The number of aliphatic hydroxyl groups excluding tert-OH is 1. The molecule has 1 aliphatic rings. The van der Waals surface area contributed by atoms with E-state index in [0.29, 0.717) is 5.56 Å². The van der Waals surface area contributed by atoms with E-state index in [9.17, 15) is 18.3 Å². The standard InChI is InChI=1S/C16H19N3O4S/c17-24(22,23)19-9-7-18(8-10-19)16(21)15(20)14-6-5-12-3-1-2-4-13(12)11-14/h1-6,11,15,20H,7-10H2,(H2,17,22,23)/t15-/m1/s1. The van der Waals surface area contributed by atoms with Crippen molar-refractivity contribution in [2.24, 2.45) is 5.14 Å². The Morgan fingerprint density at radius 2 is 1.67 bits per heavy atom. The molecule has 0 aliphatic carbocycles. The summed E-state index contributed by atoms with van der Waals surface area (Å²) < 4.78 is 23.7. The van der Waals surface area contributed by atoms with Gasteiger partial charge in [-0.3, -0.25) is 4.79 Å². The number of benzene rings is 2. The van der Waals surface area contributed by atoms with Crippen LogP contribution in [0.15, 0.2) is 42.5 Å². The molecule has 0 unspecified atom stereocenters. The summed E-state index contributed by atoms with van der Waals surface area (Å²) in [6.07, 6.45) is -1.27. The highest BCUT2D eigenvalue weighted by Gasteiger charge is 2.30. The number of rotatable bonds is 3. The molecule has 1 heterocycles. The van der Waals surface area contributed by atoms with Crippen LogP contribution in [-0.4, -0.2) is 54.8 Å². The van der Waals surface area contributed by atoms with Crippen molar-refractivity contribution in [2.75, 3.05) is 26.2 Å². The first-order chi connectivity index (χ1) is 11.4. The van der Waals surface area contributed by atoms with Gasteiger partial charge in [0.1, 0.15) is 0 Å². The van der Waals surface area contributed by atoms with E-state index in [4.69, 9.17) is 5.14 Å². The van der Waals surface area contributed by atoms with Crippen molar-refractivity contribution >= 4 is 26.9 Å². The fourth-order valence-corrected chi connectivity index (χ4v) is 3.53. The Labute approximate surface area is 140 Å². The van der Waals surface area contributed by atoms with E-state index >= 15 is 0 Å². The van der Waals surface area contributed by atoms with Gasteiger partial charge in [0.15, 0.2) is 6.10 Å². The first-order valence-electron chi connectivity index (χ1n) is 7.60. The number of hydrogen-bond acceptors (Lipinski definition) is 4. The Morgan fingerprint density at radius 1 is 1.04 bits per heavy atom. The van der Waals surface area contributed by atoms with Gasteiger partial charge >= 0.3 is 0 Å². The second kappa shape index (κ2) is 6.48. The molecule has 2 aromatic carbocycles. The molecule has 1 saturated heterocycles. The number of nitrogens with zero attached hydrogens (tertiary/aromatic N) is 2. The number of carbonyl (C=O) groups excluding carboxylic acids is 1. The topological polar surface area (TPSA) is 104 Å². The lowest BCUT2D eigenvalue weighted by molar-refractivity contribution is -0.141. The Morgan fingerprint density at radius 3 is 2.29 bits per heavy atom. The van der Waals surface area contributed by atoms with E-state index < -0.39 is 22.2 Å². The zero-order chi connectivity index (χ0) is 17.3. The van der Waals surface area contributed by atoms with Crippen molar-refractivity contribution in [3.8, 4) is 0 Å². The second-order valence-corrected chi connectivity index (χ2v) is 7.32. The summed E-state index contributed by atoms with van der Waals surface area (Å²) in [6.45, 7) is 0.684. The van der Waals surface area contributed by atoms with Crippen molar-refractivity contribution in [2.45, 2.75) is 6.10 Å². The van der Waals surface area contributed by atoms with Gasteiger partial charge in [-0.25, -0.2) is 5.14 Å². The van der Waals surface area contributed by atoms with Gasteiger partial charge in [-0.1, -0.05) is 36.4 Å². The molecular weight excluding hydrogens is 330 g/mol. The Kier molecular flexibility index (Phi) is 4.55. The van der Waals surface area contributed by atoms with E-state index in [0.717, 1.165) is 15.1 Å². The fourth-order valence-electron chi connectivity index (χ4n) is 2.86. The average Bonchev–Trinajstić information content (AvgIpc) is 2.59. The zero-order valence-corrected chi connectivity index (χ0v) is 13.8. The minimum absolute atomic E-state index is 0.134. The van der Waals surface area contributed by atoms with Gasteiger partial charge in [-0.15, -0.1) is 0 Å². The number of carbonyl (C=O) groups is 1. The maximum absolute atomic E-state index is 12.5. The van der Waals surface area contributed by atoms with Crippen LogP contribution < -0.4 is 5.14 Å². The van der Waals surface area contributed by atoms with Crippen LogP contribution in [-0.2, 0) is 15.0 Å². The van der Waals surface area contributed by atoms with E-state index in [1.165, 1.54) is 4.90 Å². The van der Waals surface area contributed by atoms with Gasteiger partial charge < -0.3 is 10.0 Å². The minimum Gasteiger partial charge on any atom is -0.378 e. The van der Waals surface area contributed by atoms with Crippen molar-refractivity contribution in [3.63, 3.8) is 0 Å². The minimum atomic E-state index is -3.74. The van der Waals surface area contributed by atoms with Gasteiger partial charge in [-0.2, -0.15) is 12.7 Å². The van der Waals surface area contributed by atoms with Crippen LogP contribution in [0, 0.1) is 0 Å². The number of nitrogens with two attached hydrogens (primary N) is 1. The van der Waals surface area contributed by atoms with Gasteiger partial charge in [0, 0.05) is 26.2 Å². The molecule has 3 N–H and O–H groups in total. The van der Waals surface area contributed by atoms with E-state index in [1.54, 1.807) is 12.1 Å². The molecule has 0 aromatic heterocycles. The molecule has 24 heavy (non-hydrogen) atoms. The largest absolute Gasteiger partial charge is 0.378 e.